The number of benzene rings is 1. The van der Waals surface area contributed by atoms with Crippen LogP contribution in [0.3, 0.4) is 0 Å². The minimum Gasteiger partial charge on any atom is -0.481 e. The lowest BCUT2D eigenvalue weighted by Gasteiger charge is -2.27. The van der Waals surface area contributed by atoms with E-state index < -0.39 is 29.2 Å². The summed E-state index contributed by atoms with van der Waals surface area (Å²) in [6, 6.07) is 1.59. The summed E-state index contributed by atoms with van der Waals surface area (Å²) < 4.78 is 13.4. The molecular formula is C14H14Cl2FNO3. The third-order valence-electron chi connectivity index (χ3n) is 4.01. The Morgan fingerprint density at radius 3 is 2.67 bits per heavy atom. The van der Waals surface area contributed by atoms with E-state index in [0.717, 1.165) is 12.1 Å². The topological polar surface area (TPSA) is 66.4 Å². The summed E-state index contributed by atoms with van der Waals surface area (Å²) in [5, 5.41) is 11.8. The van der Waals surface area contributed by atoms with E-state index in [-0.39, 0.29) is 15.6 Å². The molecule has 2 N–H and O–H groups in total. The molecule has 1 aromatic carbocycles. The maximum atomic E-state index is 13.4. The molecule has 1 fully saturated rings. The third-order valence-corrected chi connectivity index (χ3v) is 4.61. The molecule has 114 valence electrons. The Balaban J connectivity index is 2.23. The van der Waals surface area contributed by atoms with E-state index in [2.05, 4.69) is 5.32 Å². The van der Waals surface area contributed by atoms with E-state index in [4.69, 9.17) is 23.2 Å². The van der Waals surface area contributed by atoms with Gasteiger partial charge < -0.3 is 10.4 Å². The molecule has 0 saturated heterocycles. The Kier molecular flexibility index (Phi) is 4.44. The largest absolute Gasteiger partial charge is 0.481 e. The number of amides is 1. The monoisotopic (exact) mass is 333 g/mol. The van der Waals surface area contributed by atoms with Crippen LogP contribution in [0.5, 0.6) is 0 Å². The number of aliphatic carboxylic acids is 1. The van der Waals surface area contributed by atoms with Crippen molar-refractivity contribution < 1.29 is 19.1 Å². The minimum absolute atomic E-state index is 0.0222. The van der Waals surface area contributed by atoms with Gasteiger partial charge in [-0.05, 0) is 31.9 Å². The molecule has 1 amide bonds. The van der Waals surface area contributed by atoms with Gasteiger partial charge in [-0.1, -0.05) is 29.6 Å². The zero-order valence-corrected chi connectivity index (χ0v) is 12.8. The number of hydrogen-bond acceptors (Lipinski definition) is 2. The van der Waals surface area contributed by atoms with Crippen LogP contribution in [0, 0.1) is 11.2 Å². The van der Waals surface area contributed by atoms with Crippen LogP contribution in [0.15, 0.2) is 12.1 Å². The Bertz CT molecular complexity index is 608. The average Bonchev–Trinajstić information content (AvgIpc) is 2.76. The van der Waals surface area contributed by atoms with Crippen LogP contribution < -0.4 is 5.32 Å². The molecule has 4 nitrogen and oxygen atoms in total. The zero-order valence-electron chi connectivity index (χ0n) is 11.3. The van der Waals surface area contributed by atoms with Crippen molar-refractivity contribution in [1.82, 2.24) is 5.32 Å². The van der Waals surface area contributed by atoms with Gasteiger partial charge in [-0.2, -0.15) is 0 Å². The second kappa shape index (κ2) is 5.81. The van der Waals surface area contributed by atoms with E-state index in [1.807, 2.05) is 0 Å². The van der Waals surface area contributed by atoms with Gasteiger partial charge in [0.05, 0.1) is 21.0 Å². The lowest BCUT2D eigenvalue weighted by molar-refractivity contribution is -0.148. The van der Waals surface area contributed by atoms with Gasteiger partial charge in [-0.3, -0.25) is 9.59 Å². The van der Waals surface area contributed by atoms with Crippen LogP contribution in [0.2, 0.25) is 10.0 Å². The number of carboxylic acid groups (broad SMARTS) is 1. The number of carbonyl (C=O) groups excluding carboxylic acids is 1. The normalized spacial score (nSPS) is 24.9. The first-order valence-corrected chi connectivity index (χ1v) is 7.20. The lowest BCUT2D eigenvalue weighted by Crippen LogP contribution is -2.47. The summed E-state index contributed by atoms with van der Waals surface area (Å²) in [5.41, 5.74) is -1.08. The van der Waals surface area contributed by atoms with Crippen LogP contribution in [-0.4, -0.2) is 23.0 Å². The van der Waals surface area contributed by atoms with Gasteiger partial charge in [-0.25, -0.2) is 4.39 Å². The van der Waals surface area contributed by atoms with Crippen LogP contribution >= 0.6 is 23.2 Å². The highest BCUT2D eigenvalue weighted by atomic mass is 35.5. The van der Waals surface area contributed by atoms with Crippen LogP contribution in [-0.2, 0) is 4.79 Å². The Morgan fingerprint density at radius 1 is 1.38 bits per heavy atom. The van der Waals surface area contributed by atoms with Gasteiger partial charge >= 0.3 is 5.97 Å². The number of carboxylic acids is 1. The lowest BCUT2D eigenvalue weighted by atomic mass is 9.85. The summed E-state index contributed by atoms with van der Waals surface area (Å²) in [4.78, 5) is 23.6. The summed E-state index contributed by atoms with van der Waals surface area (Å²) in [7, 11) is 0. The van der Waals surface area contributed by atoms with E-state index >= 15 is 0 Å². The molecule has 0 aromatic heterocycles. The molecule has 1 saturated carbocycles. The number of hydrogen-bond donors (Lipinski definition) is 2. The molecule has 1 aliphatic carbocycles. The van der Waals surface area contributed by atoms with Crippen molar-refractivity contribution in [2.75, 3.05) is 0 Å². The van der Waals surface area contributed by atoms with Crippen molar-refractivity contribution in [3.63, 3.8) is 0 Å². The molecule has 1 aliphatic rings. The van der Waals surface area contributed by atoms with E-state index in [0.29, 0.717) is 19.3 Å². The molecule has 1 aromatic rings. The van der Waals surface area contributed by atoms with Crippen molar-refractivity contribution in [3.8, 4) is 0 Å². The van der Waals surface area contributed by atoms with Gasteiger partial charge in [0.15, 0.2) is 0 Å². The molecule has 0 bridgehead atoms. The van der Waals surface area contributed by atoms with Crippen molar-refractivity contribution in [1.29, 1.82) is 0 Å². The van der Waals surface area contributed by atoms with E-state index in [1.165, 1.54) is 0 Å². The summed E-state index contributed by atoms with van der Waals surface area (Å²) in [6.07, 6.45) is 1.74. The Labute approximate surface area is 131 Å². The zero-order chi connectivity index (χ0) is 15.8. The van der Waals surface area contributed by atoms with Gasteiger partial charge in [-0.15, -0.1) is 0 Å². The quantitative estimate of drug-likeness (QED) is 0.832. The van der Waals surface area contributed by atoms with E-state index in [1.54, 1.807) is 6.92 Å². The van der Waals surface area contributed by atoms with Crippen molar-refractivity contribution in [2.45, 2.75) is 32.2 Å². The van der Waals surface area contributed by atoms with Gasteiger partial charge in [0.1, 0.15) is 5.82 Å². The van der Waals surface area contributed by atoms with Crippen molar-refractivity contribution in [3.05, 3.63) is 33.6 Å². The van der Waals surface area contributed by atoms with Crippen LogP contribution in [0.4, 0.5) is 4.39 Å². The van der Waals surface area contributed by atoms with Crippen LogP contribution in [0.25, 0.3) is 0 Å². The maximum absolute atomic E-state index is 13.4. The van der Waals surface area contributed by atoms with Gasteiger partial charge in [0.2, 0.25) is 0 Å². The predicted molar refractivity (Wildman–Crippen MR) is 77.3 cm³/mol. The second-order valence-corrected chi connectivity index (χ2v) is 6.20. The van der Waals surface area contributed by atoms with Gasteiger partial charge in [0, 0.05) is 6.04 Å². The SMILES string of the molecule is CC1(C(=O)O)CCCC1NC(=O)c1cc(F)c(Cl)cc1Cl. The van der Waals surface area contributed by atoms with Crippen molar-refractivity contribution in [2.24, 2.45) is 5.41 Å². The first-order valence-electron chi connectivity index (χ1n) is 6.44. The minimum atomic E-state index is -1.02. The fraction of sp³-hybridized carbons (Fsp3) is 0.429. The molecule has 0 radical (unpaired) electrons. The van der Waals surface area contributed by atoms with Crippen LogP contribution in [0.1, 0.15) is 36.5 Å². The second-order valence-electron chi connectivity index (χ2n) is 5.39. The summed E-state index contributed by atoms with van der Waals surface area (Å²) >= 11 is 11.5. The first kappa shape index (κ1) is 16.0. The average molecular weight is 334 g/mol. The molecule has 0 spiro atoms. The molecule has 0 aliphatic heterocycles. The molecule has 7 heteroatoms. The maximum Gasteiger partial charge on any atom is 0.311 e. The number of halogens is 3. The fourth-order valence-electron chi connectivity index (χ4n) is 2.59. The highest BCUT2D eigenvalue weighted by Crippen LogP contribution is 2.38. The van der Waals surface area contributed by atoms with Gasteiger partial charge in [0.25, 0.3) is 5.91 Å². The van der Waals surface area contributed by atoms with Crippen molar-refractivity contribution >= 4 is 35.1 Å². The molecule has 2 rings (SSSR count). The molecule has 2 unspecified atom stereocenters. The number of nitrogens with one attached hydrogen (secondary N) is 1. The molecule has 0 heterocycles. The highest BCUT2D eigenvalue weighted by Gasteiger charge is 2.46. The summed E-state index contributed by atoms with van der Waals surface area (Å²) in [5.74, 6) is -2.31. The van der Waals surface area contributed by atoms with E-state index in [9.17, 15) is 19.1 Å². The molecule has 21 heavy (non-hydrogen) atoms. The number of carbonyl (C=O) groups is 2. The fourth-order valence-corrected chi connectivity index (χ4v) is 3.06. The highest BCUT2D eigenvalue weighted by molar-refractivity contribution is 6.36. The Hall–Kier alpha value is -1.33. The Morgan fingerprint density at radius 2 is 2.05 bits per heavy atom. The molecular weight excluding hydrogens is 320 g/mol. The summed E-state index contributed by atoms with van der Waals surface area (Å²) in [6.45, 7) is 1.59. The standard InChI is InChI=1S/C14H14Cl2FNO3/c1-14(13(20)21)4-2-3-11(14)18-12(19)7-5-10(17)9(16)6-8(7)15/h5-6,11H,2-4H2,1H3,(H,18,19)(H,20,21). The first-order chi connectivity index (χ1) is 9.75. The predicted octanol–water partition coefficient (Wildman–Crippen LogP) is 3.51. The molecule has 2 atom stereocenters. The number of rotatable bonds is 3. The smallest absolute Gasteiger partial charge is 0.311 e. The third kappa shape index (κ3) is 2.99.